The van der Waals surface area contributed by atoms with E-state index in [1.165, 1.54) is 0 Å². The molecular weight excluding hydrogens is 436 g/mol. The molecular formula is C22H27BrN2O4. The number of hydrogen-bond acceptors (Lipinski definition) is 4. The van der Waals surface area contributed by atoms with Gasteiger partial charge in [0.15, 0.2) is 0 Å². The Balaban J connectivity index is 1.93. The van der Waals surface area contributed by atoms with Crippen molar-refractivity contribution in [2.24, 2.45) is 0 Å². The first-order valence-corrected chi connectivity index (χ1v) is 10.3. The average Bonchev–Trinajstić information content (AvgIpc) is 2.75. The summed E-state index contributed by atoms with van der Waals surface area (Å²) in [6, 6.07) is 14.5. The van der Waals surface area contributed by atoms with Crippen molar-refractivity contribution >= 4 is 27.7 Å². The maximum Gasteiger partial charge on any atom is 0.242 e. The molecule has 0 aliphatic rings. The summed E-state index contributed by atoms with van der Waals surface area (Å²) < 4.78 is 11.8. The van der Waals surface area contributed by atoms with Crippen LogP contribution < -0.4 is 14.8 Å². The van der Waals surface area contributed by atoms with E-state index in [0.717, 1.165) is 21.5 Å². The maximum atomic E-state index is 12.8. The lowest BCUT2D eigenvalue weighted by Gasteiger charge is -2.28. The Kier molecular flexibility index (Phi) is 8.99. The normalized spacial score (nSPS) is 11.4. The predicted molar refractivity (Wildman–Crippen MR) is 116 cm³/mol. The summed E-state index contributed by atoms with van der Waals surface area (Å²) >= 11 is 3.41. The number of hydrogen-bond donors (Lipinski definition) is 1. The number of amides is 2. The van der Waals surface area contributed by atoms with Gasteiger partial charge in [0, 0.05) is 24.5 Å². The number of likely N-dealkylation sites (N-methyl/N-ethyl adjacent to an activating group) is 1. The molecule has 156 valence electrons. The van der Waals surface area contributed by atoms with E-state index >= 15 is 0 Å². The van der Waals surface area contributed by atoms with Gasteiger partial charge in [0.25, 0.3) is 0 Å². The molecule has 0 radical (unpaired) electrons. The van der Waals surface area contributed by atoms with E-state index in [1.54, 1.807) is 26.0 Å². The van der Waals surface area contributed by atoms with Crippen LogP contribution >= 0.6 is 15.9 Å². The summed E-state index contributed by atoms with van der Waals surface area (Å²) in [5, 5.41) is 2.62. The van der Waals surface area contributed by atoms with Crippen LogP contribution in [0.25, 0.3) is 0 Å². The second-order valence-corrected chi connectivity index (χ2v) is 7.48. The van der Waals surface area contributed by atoms with E-state index in [-0.39, 0.29) is 11.8 Å². The smallest absolute Gasteiger partial charge is 0.242 e. The minimum atomic E-state index is -0.557. The van der Waals surface area contributed by atoms with E-state index in [1.807, 2.05) is 48.5 Å². The zero-order valence-electron chi connectivity index (χ0n) is 17.0. The third kappa shape index (κ3) is 7.09. The van der Waals surface area contributed by atoms with Gasteiger partial charge in [-0.05, 0) is 55.3 Å². The summed E-state index contributed by atoms with van der Waals surface area (Å²) in [6.07, 6.45) is 0.857. The fraction of sp³-hybridized carbons (Fsp3) is 0.364. The minimum Gasteiger partial charge on any atom is -0.497 e. The van der Waals surface area contributed by atoms with Gasteiger partial charge in [0.1, 0.15) is 17.5 Å². The Morgan fingerprint density at radius 3 is 2.28 bits per heavy atom. The third-order valence-corrected chi connectivity index (χ3v) is 5.07. The van der Waals surface area contributed by atoms with Gasteiger partial charge in [-0.3, -0.25) is 9.59 Å². The van der Waals surface area contributed by atoms with Crippen LogP contribution in [0.5, 0.6) is 11.5 Å². The highest BCUT2D eigenvalue weighted by molar-refractivity contribution is 9.10. The number of methoxy groups -OCH3 is 1. The van der Waals surface area contributed by atoms with Gasteiger partial charge in [0.2, 0.25) is 11.8 Å². The van der Waals surface area contributed by atoms with Crippen LogP contribution in [0.2, 0.25) is 0 Å². The molecule has 0 spiro atoms. The number of benzene rings is 2. The summed E-state index contributed by atoms with van der Waals surface area (Å²) in [7, 11) is 3.19. The standard InChI is InChI=1S/C22H27BrN2O4/c1-16(22(27)24-2)25(15-17-6-8-18(23)9-7-17)21(26)5-4-14-29-20-12-10-19(28-3)11-13-20/h6-13,16H,4-5,14-15H2,1-3H3,(H,24,27)/t16-/m0/s1. The Morgan fingerprint density at radius 2 is 1.69 bits per heavy atom. The third-order valence-electron chi connectivity index (χ3n) is 4.54. The second kappa shape index (κ2) is 11.5. The topological polar surface area (TPSA) is 67.9 Å². The van der Waals surface area contributed by atoms with E-state index in [4.69, 9.17) is 9.47 Å². The van der Waals surface area contributed by atoms with Crippen molar-refractivity contribution in [3.63, 3.8) is 0 Å². The number of carbonyl (C=O) groups excluding carboxylic acids is 2. The largest absolute Gasteiger partial charge is 0.497 e. The summed E-state index contributed by atoms with van der Waals surface area (Å²) in [4.78, 5) is 26.6. The van der Waals surface area contributed by atoms with Gasteiger partial charge in [-0.15, -0.1) is 0 Å². The Hall–Kier alpha value is -2.54. The lowest BCUT2D eigenvalue weighted by molar-refractivity contribution is -0.140. The molecule has 0 aliphatic carbocycles. The van der Waals surface area contributed by atoms with Crippen LogP contribution in [0.15, 0.2) is 53.0 Å². The Bertz CT molecular complexity index is 793. The molecule has 6 nitrogen and oxygen atoms in total. The molecule has 0 saturated carbocycles. The van der Waals surface area contributed by atoms with Crippen molar-refractivity contribution in [1.82, 2.24) is 10.2 Å². The van der Waals surface area contributed by atoms with Crippen molar-refractivity contribution in [2.75, 3.05) is 20.8 Å². The van der Waals surface area contributed by atoms with Crippen molar-refractivity contribution in [3.05, 3.63) is 58.6 Å². The number of carbonyl (C=O) groups is 2. The van der Waals surface area contributed by atoms with Crippen LogP contribution in [0.3, 0.4) is 0 Å². The predicted octanol–water partition coefficient (Wildman–Crippen LogP) is 3.78. The average molecular weight is 463 g/mol. The highest BCUT2D eigenvalue weighted by Gasteiger charge is 2.25. The first-order chi connectivity index (χ1) is 13.9. The number of nitrogens with one attached hydrogen (secondary N) is 1. The van der Waals surface area contributed by atoms with E-state index in [9.17, 15) is 9.59 Å². The molecule has 2 aromatic rings. The number of nitrogens with zero attached hydrogens (tertiary/aromatic N) is 1. The summed E-state index contributed by atoms with van der Waals surface area (Å²) in [5.74, 6) is 1.22. The number of rotatable bonds is 10. The molecule has 2 aromatic carbocycles. The molecule has 0 fully saturated rings. The monoisotopic (exact) mass is 462 g/mol. The Labute approximate surface area is 180 Å². The zero-order valence-corrected chi connectivity index (χ0v) is 18.6. The number of halogens is 1. The van der Waals surface area contributed by atoms with Crippen molar-refractivity contribution in [3.8, 4) is 11.5 Å². The highest BCUT2D eigenvalue weighted by Crippen LogP contribution is 2.18. The number of ether oxygens (including phenoxy) is 2. The molecule has 0 aliphatic heterocycles. The van der Waals surface area contributed by atoms with Crippen LogP contribution in [-0.2, 0) is 16.1 Å². The summed E-state index contributed by atoms with van der Waals surface area (Å²) in [6.45, 7) is 2.53. The van der Waals surface area contributed by atoms with Gasteiger partial charge in [0.05, 0.1) is 13.7 Å². The fourth-order valence-electron chi connectivity index (χ4n) is 2.81. The molecule has 0 heterocycles. The highest BCUT2D eigenvalue weighted by atomic mass is 79.9. The van der Waals surface area contributed by atoms with E-state index in [0.29, 0.717) is 26.0 Å². The second-order valence-electron chi connectivity index (χ2n) is 6.57. The van der Waals surface area contributed by atoms with Gasteiger partial charge >= 0.3 is 0 Å². The summed E-state index contributed by atoms with van der Waals surface area (Å²) in [5.41, 5.74) is 0.965. The molecule has 0 saturated heterocycles. The van der Waals surface area contributed by atoms with Crippen LogP contribution in [0.1, 0.15) is 25.3 Å². The molecule has 1 atom stereocenters. The lowest BCUT2D eigenvalue weighted by atomic mass is 10.1. The molecule has 29 heavy (non-hydrogen) atoms. The molecule has 7 heteroatoms. The first kappa shape index (κ1) is 22.7. The maximum absolute atomic E-state index is 12.8. The van der Waals surface area contributed by atoms with Crippen molar-refractivity contribution in [2.45, 2.75) is 32.4 Å². The van der Waals surface area contributed by atoms with E-state index in [2.05, 4.69) is 21.2 Å². The molecule has 0 aromatic heterocycles. The SMILES string of the molecule is CNC(=O)[C@H](C)N(Cc1ccc(Br)cc1)C(=O)CCCOc1ccc(OC)cc1. The van der Waals surface area contributed by atoms with Gasteiger partial charge in [-0.2, -0.15) is 0 Å². The van der Waals surface area contributed by atoms with Gasteiger partial charge < -0.3 is 19.7 Å². The van der Waals surface area contributed by atoms with E-state index < -0.39 is 6.04 Å². The molecule has 1 N–H and O–H groups in total. The van der Waals surface area contributed by atoms with Crippen LogP contribution in [-0.4, -0.2) is 43.5 Å². The fourth-order valence-corrected chi connectivity index (χ4v) is 3.07. The van der Waals surface area contributed by atoms with Gasteiger partial charge in [-0.25, -0.2) is 0 Å². The molecule has 2 amide bonds. The minimum absolute atomic E-state index is 0.0812. The Morgan fingerprint density at radius 1 is 1.07 bits per heavy atom. The van der Waals surface area contributed by atoms with Crippen molar-refractivity contribution in [1.29, 1.82) is 0 Å². The molecule has 2 rings (SSSR count). The quantitative estimate of drug-likeness (QED) is 0.545. The van der Waals surface area contributed by atoms with Gasteiger partial charge in [-0.1, -0.05) is 28.1 Å². The first-order valence-electron chi connectivity index (χ1n) is 9.47. The molecule has 0 bridgehead atoms. The van der Waals surface area contributed by atoms with Crippen LogP contribution in [0, 0.1) is 0 Å². The zero-order chi connectivity index (χ0) is 21.2. The molecule has 0 unspecified atom stereocenters. The van der Waals surface area contributed by atoms with Crippen molar-refractivity contribution < 1.29 is 19.1 Å². The lowest BCUT2D eigenvalue weighted by Crippen LogP contribution is -2.46. The van der Waals surface area contributed by atoms with Crippen LogP contribution in [0.4, 0.5) is 0 Å².